The van der Waals surface area contributed by atoms with Crippen LogP contribution in [-0.4, -0.2) is 29.7 Å². The summed E-state index contributed by atoms with van der Waals surface area (Å²) in [6.07, 6.45) is 0. The number of amides is 3. The van der Waals surface area contributed by atoms with Crippen LogP contribution in [0.5, 0.6) is 0 Å². The SMILES string of the molecule is CN1C(=O)c2ccc(C(=O)NOCc3ccccc3)cc2C1=O. The molecule has 0 saturated carbocycles. The second-order valence-electron chi connectivity index (χ2n) is 5.14. The van der Waals surface area contributed by atoms with Crippen molar-refractivity contribution in [2.45, 2.75) is 6.61 Å². The number of fused-ring (bicyclic) bond motifs is 1. The molecule has 0 spiro atoms. The number of nitrogens with one attached hydrogen (secondary N) is 1. The van der Waals surface area contributed by atoms with E-state index in [2.05, 4.69) is 5.48 Å². The predicted molar refractivity (Wildman–Crippen MR) is 81.6 cm³/mol. The van der Waals surface area contributed by atoms with Gasteiger partial charge in [0.05, 0.1) is 17.7 Å². The van der Waals surface area contributed by atoms with Crippen LogP contribution in [0, 0.1) is 0 Å². The molecule has 0 saturated heterocycles. The average molecular weight is 310 g/mol. The smallest absolute Gasteiger partial charge is 0.274 e. The molecule has 6 heteroatoms. The molecule has 23 heavy (non-hydrogen) atoms. The van der Waals surface area contributed by atoms with Crippen molar-refractivity contribution in [2.24, 2.45) is 0 Å². The molecule has 0 bridgehead atoms. The number of hydrogen-bond donors (Lipinski definition) is 1. The summed E-state index contributed by atoms with van der Waals surface area (Å²) in [5.74, 6) is -1.25. The Balaban J connectivity index is 1.67. The van der Waals surface area contributed by atoms with Crippen molar-refractivity contribution in [1.29, 1.82) is 0 Å². The van der Waals surface area contributed by atoms with Gasteiger partial charge in [-0.1, -0.05) is 30.3 Å². The zero-order chi connectivity index (χ0) is 16.4. The Morgan fingerprint density at radius 2 is 1.74 bits per heavy atom. The van der Waals surface area contributed by atoms with Gasteiger partial charge in [0.15, 0.2) is 0 Å². The van der Waals surface area contributed by atoms with Gasteiger partial charge in [0.1, 0.15) is 0 Å². The van der Waals surface area contributed by atoms with Crippen molar-refractivity contribution in [2.75, 3.05) is 7.05 Å². The number of imide groups is 1. The Hall–Kier alpha value is -2.99. The van der Waals surface area contributed by atoms with E-state index in [1.165, 1.54) is 25.2 Å². The first-order chi connectivity index (χ1) is 11.1. The van der Waals surface area contributed by atoms with Gasteiger partial charge in [0, 0.05) is 12.6 Å². The third kappa shape index (κ3) is 2.84. The second-order valence-corrected chi connectivity index (χ2v) is 5.14. The number of hydroxylamine groups is 1. The van der Waals surface area contributed by atoms with Crippen molar-refractivity contribution in [3.8, 4) is 0 Å². The van der Waals surface area contributed by atoms with Gasteiger partial charge in [-0.15, -0.1) is 0 Å². The van der Waals surface area contributed by atoms with Crippen LogP contribution in [0.2, 0.25) is 0 Å². The van der Waals surface area contributed by atoms with E-state index in [9.17, 15) is 14.4 Å². The molecule has 2 aromatic carbocycles. The van der Waals surface area contributed by atoms with E-state index in [4.69, 9.17) is 4.84 Å². The molecule has 1 heterocycles. The Morgan fingerprint density at radius 3 is 2.48 bits per heavy atom. The van der Waals surface area contributed by atoms with Gasteiger partial charge in [-0.2, -0.15) is 0 Å². The van der Waals surface area contributed by atoms with Crippen molar-refractivity contribution >= 4 is 17.7 Å². The van der Waals surface area contributed by atoms with E-state index < -0.39 is 11.8 Å². The quantitative estimate of drug-likeness (QED) is 0.690. The maximum Gasteiger partial charge on any atom is 0.274 e. The summed E-state index contributed by atoms with van der Waals surface area (Å²) >= 11 is 0. The van der Waals surface area contributed by atoms with E-state index in [1.54, 1.807) is 0 Å². The molecule has 1 aliphatic rings. The molecule has 3 amide bonds. The van der Waals surface area contributed by atoms with Gasteiger partial charge >= 0.3 is 0 Å². The third-order valence-electron chi connectivity index (χ3n) is 3.60. The standard InChI is InChI=1S/C17H14N2O4/c1-19-16(21)13-8-7-12(9-14(13)17(19)22)15(20)18-23-10-11-5-3-2-4-6-11/h2-9H,10H2,1H3,(H,18,20). The van der Waals surface area contributed by atoms with Gasteiger partial charge < -0.3 is 0 Å². The number of benzene rings is 2. The van der Waals surface area contributed by atoms with Crippen molar-refractivity contribution in [1.82, 2.24) is 10.4 Å². The van der Waals surface area contributed by atoms with Crippen LogP contribution in [0.3, 0.4) is 0 Å². The van der Waals surface area contributed by atoms with Crippen LogP contribution < -0.4 is 5.48 Å². The van der Waals surface area contributed by atoms with Crippen LogP contribution in [0.15, 0.2) is 48.5 Å². The molecule has 6 nitrogen and oxygen atoms in total. The summed E-state index contributed by atoms with van der Waals surface area (Å²) in [7, 11) is 1.41. The minimum Gasteiger partial charge on any atom is -0.277 e. The first kappa shape index (κ1) is 14.9. The minimum atomic E-state index is -0.474. The number of hydrogen-bond acceptors (Lipinski definition) is 4. The van der Waals surface area contributed by atoms with E-state index in [0.717, 1.165) is 10.5 Å². The summed E-state index contributed by atoms with van der Waals surface area (Å²) in [6.45, 7) is 0.234. The summed E-state index contributed by atoms with van der Waals surface area (Å²) in [5, 5.41) is 0. The van der Waals surface area contributed by atoms with Crippen LogP contribution >= 0.6 is 0 Å². The molecular formula is C17H14N2O4. The lowest BCUT2D eigenvalue weighted by Crippen LogP contribution is -2.24. The topological polar surface area (TPSA) is 75.7 Å². The predicted octanol–water partition coefficient (Wildman–Crippen LogP) is 1.77. The van der Waals surface area contributed by atoms with Gasteiger partial charge in [0.2, 0.25) is 0 Å². The molecule has 0 unspecified atom stereocenters. The molecule has 0 aliphatic carbocycles. The highest BCUT2D eigenvalue weighted by Gasteiger charge is 2.33. The number of rotatable bonds is 4. The number of carbonyl (C=O) groups is 3. The van der Waals surface area contributed by atoms with Crippen LogP contribution in [0.25, 0.3) is 0 Å². The maximum absolute atomic E-state index is 12.1. The lowest BCUT2D eigenvalue weighted by atomic mass is 10.1. The van der Waals surface area contributed by atoms with E-state index >= 15 is 0 Å². The first-order valence-corrected chi connectivity index (χ1v) is 7.00. The Labute approximate surface area is 132 Å². The first-order valence-electron chi connectivity index (χ1n) is 7.00. The van der Waals surface area contributed by atoms with Gasteiger partial charge in [0.25, 0.3) is 17.7 Å². The highest BCUT2D eigenvalue weighted by atomic mass is 16.6. The normalized spacial score (nSPS) is 13.2. The fraction of sp³-hybridized carbons (Fsp3) is 0.118. The van der Waals surface area contributed by atoms with Crippen molar-refractivity contribution < 1.29 is 19.2 Å². The van der Waals surface area contributed by atoms with Crippen LogP contribution in [0.1, 0.15) is 36.6 Å². The molecule has 116 valence electrons. The van der Waals surface area contributed by atoms with Crippen LogP contribution in [0.4, 0.5) is 0 Å². The highest BCUT2D eigenvalue weighted by molar-refractivity contribution is 6.21. The van der Waals surface area contributed by atoms with Gasteiger partial charge in [-0.25, -0.2) is 5.48 Å². The van der Waals surface area contributed by atoms with E-state index in [-0.39, 0.29) is 23.6 Å². The maximum atomic E-state index is 12.1. The fourth-order valence-corrected chi connectivity index (χ4v) is 2.32. The molecule has 0 atom stereocenters. The molecule has 3 rings (SSSR count). The molecule has 1 aliphatic heterocycles. The summed E-state index contributed by atoms with van der Waals surface area (Å²) in [5.41, 5.74) is 4.04. The molecule has 1 N–H and O–H groups in total. The molecule has 2 aromatic rings. The molecular weight excluding hydrogens is 296 g/mol. The fourth-order valence-electron chi connectivity index (χ4n) is 2.32. The summed E-state index contributed by atoms with van der Waals surface area (Å²) in [4.78, 5) is 42.0. The average Bonchev–Trinajstić information content (AvgIpc) is 2.80. The van der Waals surface area contributed by atoms with Crippen molar-refractivity contribution in [3.05, 3.63) is 70.8 Å². The summed E-state index contributed by atoms with van der Waals surface area (Å²) < 4.78 is 0. The van der Waals surface area contributed by atoms with Crippen molar-refractivity contribution in [3.63, 3.8) is 0 Å². The van der Waals surface area contributed by atoms with E-state index in [1.807, 2.05) is 30.3 Å². The number of nitrogens with zero attached hydrogens (tertiary/aromatic N) is 1. The van der Waals surface area contributed by atoms with E-state index in [0.29, 0.717) is 5.56 Å². The van der Waals surface area contributed by atoms with Gasteiger partial charge in [-0.05, 0) is 23.8 Å². The van der Waals surface area contributed by atoms with Gasteiger partial charge in [-0.3, -0.25) is 24.1 Å². The lowest BCUT2D eigenvalue weighted by Gasteiger charge is -2.06. The monoisotopic (exact) mass is 310 g/mol. The Bertz CT molecular complexity index is 786. The largest absolute Gasteiger partial charge is 0.277 e. The minimum absolute atomic E-state index is 0.230. The second kappa shape index (κ2) is 6.02. The van der Waals surface area contributed by atoms with Crippen LogP contribution in [-0.2, 0) is 11.4 Å². The Morgan fingerprint density at radius 1 is 1.04 bits per heavy atom. The zero-order valence-electron chi connectivity index (χ0n) is 12.4. The zero-order valence-corrected chi connectivity index (χ0v) is 12.4. The highest BCUT2D eigenvalue weighted by Crippen LogP contribution is 2.22. The summed E-state index contributed by atoms with van der Waals surface area (Å²) in [6, 6.07) is 13.8. The molecule has 0 radical (unpaired) electrons. The lowest BCUT2D eigenvalue weighted by molar-refractivity contribution is 0.0233. The Kier molecular flexibility index (Phi) is 3.91. The third-order valence-corrected chi connectivity index (χ3v) is 3.60. The number of carbonyl (C=O) groups excluding carboxylic acids is 3. The molecule has 0 fully saturated rings. The molecule has 0 aromatic heterocycles.